The van der Waals surface area contributed by atoms with Crippen molar-refractivity contribution in [3.63, 3.8) is 0 Å². The molecule has 1 aliphatic carbocycles. The van der Waals surface area contributed by atoms with Gasteiger partial charge in [0.25, 0.3) is 0 Å². The Morgan fingerprint density at radius 1 is 0.857 bits per heavy atom. The maximum atomic E-state index is 2.36. The van der Waals surface area contributed by atoms with E-state index in [1.807, 2.05) is 0 Å². The predicted octanol–water partition coefficient (Wildman–Crippen LogP) is -0.404. The van der Waals surface area contributed by atoms with Crippen LogP contribution >= 0.6 is 0 Å². The van der Waals surface area contributed by atoms with Crippen LogP contribution in [0.3, 0.4) is 0 Å². The number of hydrogen-bond acceptors (Lipinski definition) is 0. The maximum Gasteiger partial charge on any atom is 0.0872 e. The third-order valence-corrected chi connectivity index (χ3v) is 3.15. The number of quaternary nitrogens is 1. The average molecular weight is 376 g/mol. The van der Waals surface area contributed by atoms with E-state index in [0.29, 0.717) is 0 Å². The monoisotopic (exact) mass is 377 g/mol. The quantitative estimate of drug-likeness (QED) is 0.592. The normalized spacial score (nSPS) is 31.9. The van der Waals surface area contributed by atoms with Crippen LogP contribution in [0.1, 0.15) is 25.7 Å². The number of rotatable bonds is 0. The number of nitrogens with one attached hydrogen (secondary N) is 1. The molecule has 0 aromatic rings. The van der Waals surface area contributed by atoms with Crippen molar-refractivity contribution in [3.8, 4) is 0 Å². The molecule has 1 atom stereocenters. The molecule has 3 aliphatic rings. The Bertz CT molecular complexity index is 120. The molecule has 91 valence electrons. The minimum absolute atomic E-state index is 0. The SMILES string of the molecule is C[NH+]1CC2CCC1CC2.[O-2].[O-2].[O-2].[O-2].[Re]. The van der Waals surface area contributed by atoms with Crippen LogP contribution in [-0.4, -0.2) is 19.6 Å². The Labute approximate surface area is 98.7 Å². The van der Waals surface area contributed by atoms with E-state index >= 15 is 0 Å². The molecule has 1 saturated carbocycles. The van der Waals surface area contributed by atoms with Crippen molar-refractivity contribution < 1.29 is 47.2 Å². The van der Waals surface area contributed by atoms with Crippen molar-refractivity contribution in [1.29, 1.82) is 0 Å². The smallest absolute Gasteiger partial charge is 0.0872 e. The molecule has 0 aromatic heterocycles. The predicted molar refractivity (Wildman–Crippen MR) is 40.2 cm³/mol. The Kier molecular flexibility index (Phi) is 17.1. The van der Waals surface area contributed by atoms with E-state index in [2.05, 4.69) is 7.05 Å². The van der Waals surface area contributed by atoms with E-state index in [-0.39, 0.29) is 42.3 Å². The third kappa shape index (κ3) is 4.80. The van der Waals surface area contributed by atoms with Crippen LogP contribution in [0.15, 0.2) is 0 Å². The van der Waals surface area contributed by atoms with Crippen LogP contribution in [0.25, 0.3) is 0 Å². The fraction of sp³-hybridized carbons (Fsp3) is 1.00. The van der Waals surface area contributed by atoms with E-state index < -0.39 is 0 Å². The summed E-state index contributed by atoms with van der Waals surface area (Å²) in [7, 11) is 2.36. The standard InChI is InChI=1S/C8H15N.4O.Re/c1-9-6-7-2-4-8(9)5-3-7;;;;;/h7-8H,2-6H2,1H3;;;;;/q;4*-2;/p+1. The van der Waals surface area contributed by atoms with Gasteiger partial charge in [-0.15, -0.1) is 0 Å². The van der Waals surface area contributed by atoms with Gasteiger partial charge >= 0.3 is 0 Å². The molecule has 2 bridgehead atoms. The zero-order valence-corrected chi connectivity index (χ0v) is 10.9. The molecule has 1 radical (unpaired) electrons. The van der Waals surface area contributed by atoms with Crippen molar-refractivity contribution in [1.82, 2.24) is 0 Å². The average Bonchev–Trinajstić information content (AvgIpc) is 1.90. The molecular weight excluding hydrogens is 360 g/mol. The van der Waals surface area contributed by atoms with E-state index in [9.17, 15) is 0 Å². The molecule has 2 heterocycles. The molecule has 6 heteroatoms. The molecule has 5 nitrogen and oxygen atoms in total. The first-order valence-electron chi connectivity index (χ1n) is 4.18. The molecule has 0 amide bonds. The van der Waals surface area contributed by atoms with E-state index in [4.69, 9.17) is 0 Å². The van der Waals surface area contributed by atoms with Crippen molar-refractivity contribution >= 4 is 0 Å². The summed E-state index contributed by atoms with van der Waals surface area (Å²) < 4.78 is 0. The molecular formula is C8H16NO4Re-7. The van der Waals surface area contributed by atoms with Crippen LogP contribution in [0.5, 0.6) is 0 Å². The Morgan fingerprint density at radius 2 is 1.29 bits per heavy atom. The van der Waals surface area contributed by atoms with Crippen LogP contribution in [0, 0.1) is 5.92 Å². The molecule has 2 aliphatic heterocycles. The summed E-state index contributed by atoms with van der Waals surface area (Å²) in [5.41, 5.74) is 0. The first-order valence-corrected chi connectivity index (χ1v) is 4.18. The second-order valence-electron chi connectivity index (χ2n) is 3.77. The third-order valence-electron chi connectivity index (χ3n) is 3.15. The van der Waals surface area contributed by atoms with Gasteiger partial charge in [0.15, 0.2) is 0 Å². The number of fused-ring (bicyclic) bond motifs is 3. The number of hydrogen-bond donors (Lipinski definition) is 1. The first kappa shape index (κ1) is 23.9. The van der Waals surface area contributed by atoms with Crippen LogP contribution in [-0.2, 0) is 42.3 Å². The van der Waals surface area contributed by atoms with Crippen LogP contribution < -0.4 is 4.90 Å². The summed E-state index contributed by atoms with van der Waals surface area (Å²) in [5, 5.41) is 0. The fourth-order valence-electron chi connectivity index (χ4n) is 2.48. The van der Waals surface area contributed by atoms with E-state index in [0.717, 1.165) is 12.0 Å². The Morgan fingerprint density at radius 3 is 1.43 bits per heavy atom. The summed E-state index contributed by atoms with van der Waals surface area (Å²) >= 11 is 0. The molecule has 1 N–H and O–H groups in total. The topological polar surface area (TPSA) is 118 Å². The Balaban J connectivity index is -0.0000001000. The van der Waals surface area contributed by atoms with Crippen LogP contribution in [0.4, 0.5) is 0 Å². The number of piperidine rings is 2. The summed E-state index contributed by atoms with van der Waals surface area (Å²) in [6.07, 6.45) is 6.08. The first-order chi connectivity index (χ1) is 4.36. The molecule has 3 fully saturated rings. The van der Waals surface area contributed by atoms with Crippen LogP contribution in [0.2, 0.25) is 0 Å². The summed E-state index contributed by atoms with van der Waals surface area (Å²) in [4.78, 5) is 1.80. The Hall–Kier alpha value is 0.462. The van der Waals surface area contributed by atoms with Gasteiger partial charge in [0, 0.05) is 26.3 Å². The zero-order valence-electron chi connectivity index (χ0n) is 8.20. The van der Waals surface area contributed by atoms with Crippen molar-refractivity contribution in [2.24, 2.45) is 5.92 Å². The van der Waals surface area contributed by atoms with Gasteiger partial charge in [-0.25, -0.2) is 0 Å². The van der Waals surface area contributed by atoms with Gasteiger partial charge in [-0.3, -0.25) is 0 Å². The maximum absolute atomic E-state index is 2.36. The van der Waals surface area contributed by atoms with E-state index in [1.165, 1.54) is 32.2 Å². The van der Waals surface area contributed by atoms with Gasteiger partial charge in [0.2, 0.25) is 0 Å². The molecule has 2 saturated heterocycles. The van der Waals surface area contributed by atoms with Gasteiger partial charge in [0.05, 0.1) is 19.6 Å². The minimum atomic E-state index is 0. The van der Waals surface area contributed by atoms with Gasteiger partial charge in [-0.2, -0.15) is 0 Å². The van der Waals surface area contributed by atoms with Gasteiger partial charge in [-0.1, -0.05) is 0 Å². The zero-order chi connectivity index (χ0) is 6.27. The largest absolute Gasteiger partial charge is 2.00 e. The van der Waals surface area contributed by atoms with E-state index in [1.54, 1.807) is 4.90 Å². The van der Waals surface area contributed by atoms with Crippen molar-refractivity contribution in [3.05, 3.63) is 0 Å². The molecule has 0 aromatic carbocycles. The molecule has 14 heavy (non-hydrogen) atoms. The summed E-state index contributed by atoms with van der Waals surface area (Å²) in [6.45, 7) is 1.46. The minimum Gasteiger partial charge on any atom is -2.00 e. The summed E-state index contributed by atoms with van der Waals surface area (Å²) in [6, 6.07) is 1.04. The van der Waals surface area contributed by atoms with Crippen molar-refractivity contribution in [2.75, 3.05) is 13.6 Å². The fourth-order valence-corrected chi connectivity index (χ4v) is 2.48. The van der Waals surface area contributed by atoms with Gasteiger partial charge < -0.3 is 26.8 Å². The van der Waals surface area contributed by atoms with Crippen molar-refractivity contribution in [2.45, 2.75) is 31.7 Å². The second-order valence-corrected chi connectivity index (χ2v) is 3.77. The summed E-state index contributed by atoms with van der Waals surface area (Å²) in [5.74, 6) is 1.09. The van der Waals surface area contributed by atoms with Gasteiger partial charge in [0.1, 0.15) is 0 Å². The molecule has 3 rings (SSSR count). The van der Waals surface area contributed by atoms with Gasteiger partial charge in [-0.05, 0) is 25.7 Å². The molecule has 0 spiro atoms. The molecule has 1 unspecified atom stereocenters. The second kappa shape index (κ2) is 10.00.